The van der Waals surface area contributed by atoms with Gasteiger partial charge in [0.15, 0.2) is 5.16 Å². The summed E-state index contributed by atoms with van der Waals surface area (Å²) < 4.78 is 30.4. The van der Waals surface area contributed by atoms with Crippen LogP contribution in [-0.4, -0.2) is 23.2 Å². The van der Waals surface area contributed by atoms with E-state index in [1.54, 1.807) is 35.2 Å². The maximum Gasteiger partial charge on any atom is 0.271 e. The van der Waals surface area contributed by atoms with Crippen molar-refractivity contribution in [2.24, 2.45) is 7.05 Å². The van der Waals surface area contributed by atoms with E-state index in [4.69, 9.17) is 0 Å². The minimum atomic E-state index is -3.62. The predicted molar refractivity (Wildman–Crippen MR) is 94.4 cm³/mol. The van der Waals surface area contributed by atoms with Crippen LogP contribution in [0.25, 0.3) is 0 Å². The molecule has 0 spiro atoms. The number of halogens is 1. The van der Waals surface area contributed by atoms with Gasteiger partial charge < -0.3 is 4.57 Å². The van der Waals surface area contributed by atoms with Gasteiger partial charge in [0, 0.05) is 11.9 Å². The van der Waals surface area contributed by atoms with E-state index in [0.29, 0.717) is 10.8 Å². The molecule has 120 valence electrons. The number of hydrogen-bond acceptors (Lipinski definition) is 6. The highest BCUT2D eigenvalue weighted by Gasteiger charge is 2.19. The van der Waals surface area contributed by atoms with E-state index in [1.807, 2.05) is 19.2 Å². The second-order valence-electron chi connectivity index (χ2n) is 4.49. The highest BCUT2D eigenvalue weighted by Crippen LogP contribution is 2.34. The average molecular weight is 431 g/mol. The van der Waals surface area contributed by atoms with Crippen molar-refractivity contribution in [3.05, 3.63) is 46.5 Å². The van der Waals surface area contributed by atoms with Crippen molar-refractivity contribution in [1.82, 2.24) is 14.8 Å². The number of nitrogens with one attached hydrogen (secondary N) is 1. The van der Waals surface area contributed by atoms with E-state index >= 15 is 0 Å². The Labute approximate surface area is 150 Å². The molecule has 0 aliphatic heterocycles. The van der Waals surface area contributed by atoms with Crippen LogP contribution < -0.4 is 4.72 Å². The number of aromatic nitrogens is 3. The Bertz CT molecular complexity index is 936. The van der Waals surface area contributed by atoms with Gasteiger partial charge in [0.1, 0.15) is 10.5 Å². The van der Waals surface area contributed by atoms with Crippen LogP contribution in [0.1, 0.15) is 0 Å². The molecule has 0 aliphatic carbocycles. The molecule has 1 N–H and O–H groups in total. The Balaban J connectivity index is 1.90. The Hall–Kier alpha value is -1.36. The van der Waals surface area contributed by atoms with Crippen LogP contribution in [0.3, 0.4) is 0 Å². The van der Waals surface area contributed by atoms with Gasteiger partial charge in [-0.15, -0.1) is 21.5 Å². The number of aryl methyl sites for hydroxylation is 1. The van der Waals surface area contributed by atoms with Crippen LogP contribution in [0.15, 0.2) is 60.8 Å². The van der Waals surface area contributed by atoms with Crippen molar-refractivity contribution in [2.75, 3.05) is 4.72 Å². The van der Waals surface area contributed by atoms with Gasteiger partial charge in [-0.25, -0.2) is 8.42 Å². The van der Waals surface area contributed by atoms with Crippen molar-refractivity contribution in [2.45, 2.75) is 14.3 Å². The first-order chi connectivity index (χ1) is 11.0. The average Bonchev–Trinajstić information content (AvgIpc) is 3.11. The molecule has 1 aromatic carbocycles. The van der Waals surface area contributed by atoms with E-state index < -0.39 is 10.0 Å². The standard InChI is InChI=1S/C13H11BrN4O2S3/c1-18-8-15-16-13(18)21-10-5-3-2-4-9(10)17-23(19,20)12-7-6-11(14)22-12/h2-8,17H,1H3. The molecule has 0 atom stereocenters. The van der Waals surface area contributed by atoms with E-state index in [9.17, 15) is 8.42 Å². The molecule has 0 aliphatic rings. The number of para-hydroxylation sites is 1. The summed E-state index contributed by atoms with van der Waals surface area (Å²) in [5.41, 5.74) is 0.505. The lowest BCUT2D eigenvalue weighted by Crippen LogP contribution is -2.12. The molecule has 0 bridgehead atoms. The summed E-state index contributed by atoms with van der Waals surface area (Å²) >= 11 is 5.78. The van der Waals surface area contributed by atoms with Crippen molar-refractivity contribution in [1.29, 1.82) is 0 Å². The van der Waals surface area contributed by atoms with Crippen molar-refractivity contribution in [3.8, 4) is 0 Å². The third kappa shape index (κ3) is 3.77. The van der Waals surface area contributed by atoms with Crippen LogP contribution >= 0.6 is 39.0 Å². The molecule has 6 nitrogen and oxygen atoms in total. The van der Waals surface area contributed by atoms with Crippen LogP contribution in [0, 0.1) is 0 Å². The number of nitrogens with zero attached hydrogens (tertiary/aromatic N) is 3. The monoisotopic (exact) mass is 430 g/mol. The summed E-state index contributed by atoms with van der Waals surface area (Å²) in [5.74, 6) is 0. The molecule has 0 amide bonds. The molecule has 0 saturated heterocycles. The Morgan fingerprint density at radius 1 is 1.26 bits per heavy atom. The molecule has 0 unspecified atom stereocenters. The maximum absolute atomic E-state index is 12.5. The molecule has 0 fully saturated rings. The minimum absolute atomic E-state index is 0.253. The topological polar surface area (TPSA) is 76.9 Å². The van der Waals surface area contributed by atoms with Crippen LogP contribution in [0.2, 0.25) is 0 Å². The first-order valence-corrected chi connectivity index (χ1v) is 10.3. The fourth-order valence-corrected chi connectivity index (χ4v) is 5.75. The third-order valence-corrected chi connectivity index (χ3v) is 7.42. The molecule has 2 heterocycles. The van der Waals surface area contributed by atoms with Gasteiger partial charge in [0.05, 0.1) is 9.47 Å². The SMILES string of the molecule is Cn1cnnc1Sc1ccccc1NS(=O)(=O)c1ccc(Br)s1. The Kier molecular flexibility index (Phi) is 4.76. The molecule has 3 aromatic rings. The molecular weight excluding hydrogens is 420 g/mol. The molecule has 10 heteroatoms. The van der Waals surface area contributed by atoms with Gasteiger partial charge in [-0.1, -0.05) is 12.1 Å². The van der Waals surface area contributed by atoms with Gasteiger partial charge in [0.2, 0.25) is 0 Å². The lowest BCUT2D eigenvalue weighted by molar-refractivity contribution is 0.603. The lowest BCUT2D eigenvalue weighted by Gasteiger charge is -2.10. The van der Waals surface area contributed by atoms with E-state index in [0.717, 1.165) is 20.0 Å². The minimum Gasteiger partial charge on any atom is -0.311 e. The molecule has 23 heavy (non-hydrogen) atoms. The quantitative estimate of drug-likeness (QED) is 0.668. The molecular formula is C13H11BrN4O2S3. The fourth-order valence-electron chi connectivity index (χ4n) is 1.74. The smallest absolute Gasteiger partial charge is 0.271 e. The normalized spacial score (nSPS) is 11.6. The van der Waals surface area contributed by atoms with Crippen molar-refractivity contribution in [3.63, 3.8) is 0 Å². The van der Waals surface area contributed by atoms with Crippen molar-refractivity contribution >= 4 is 54.7 Å². The zero-order valence-corrected chi connectivity index (χ0v) is 15.8. The second kappa shape index (κ2) is 6.63. The highest BCUT2D eigenvalue weighted by atomic mass is 79.9. The summed E-state index contributed by atoms with van der Waals surface area (Å²) in [5, 5.41) is 8.50. The summed E-state index contributed by atoms with van der Waals surface area (Å²) in [4.78, 5) is 0.753. The van der Waals surface area contributed by atoms with E-state index in [2.05, 4.69) is 30.8 Å². The second-order valence-corrected chi connectivity index (χ2v) is 9.87. The van der Waals surface area contributed by atoms with Crippen LogP contribution in [-0.2, 0) is 17.1 Å². The first kappa shape index (κ1) is 16.5. The lowest BCUT2D eigenvalue weighted by atomic mass is 10.3. The zero-order valence-electron chi connectivity index (χ0n) is 11.8. The third-order valence-electron chi connectivity index (χ3n) is 2.82. The van der Waals surface area contributed by atoms with Gasteiger partial charge in [-0.05, 0) is 52.0 Å². The summed E-state index contributed by atoms with van der Waals surface area (Å²) in [7, 11) is -1.79. The summed E-state index contributed by atoms with van der Waals surface area (Å²) in [6, 6.07) is 10.5. The number of sulfonamides is 1. The molecule has 0 saturated carbocycles. The molecule has 2 aromatic heterocycles. The number of anilines is 1. The number of rotatable bonds is 5. The van der Waals surface area contributed by atoms with Gasteiger partial charge in [-0.3, -0.25) is 4.72 Å². The predicted octanol–water partition coefficient (Wildman–Crippen LogP) is 3.59. The van der Waals surface area contributed by atoms with Crippen LogP contribution in [0.5, 0.6) is 0 Å². The highest BCUT2D eigenvalue weighted by molar-refractivity contribution is 9.11. The van der Waals surface area contributed by atoms with Crippen molar-refractivity contribution < 1.29 is 8.42 Å². The Morgan fingerprint density at radius 3 is 2.70 bits per heavy atom. The summed E-state index contributed by atoms with van der Waals surface area (Å²) in [6.07, 6.45) is 1.60. The van der Waals surface area contributed by atoms with E-state index in [-0.39, 0.29) is 4.21 Å². The fraction of sp³-hybridized carbons (Fsp3) is 0.0769. The van der Waals surface area contributed by atoms with Gasteiger partial charge in [-0.2, -0.15) is 0 Å². The summed E-state index contributed by atoms with van der Waals surface area (Å²) in [6.45, 7) is 0. The molecule has 3 rings (SSSR count). The maximum atomic E-state index is 12.5. The largest absolute Gasteiger partial charge is 0.311 e. The zero-order chi connectivity index (χ0) is 16.4. The number of hydrogen-bond donors (Lipinski definition) is 1. The van der Waals surface area contributed by atoms with Gasteiger partial charge >= 0.3 is 0 Å². The Morgan fingerprint density at radius 2 is 2.04 bits per heavy atom. The van der Waals surface area contributed by atoms with Gasteiger partial charge in [0.25, 0.3) is 10.0 Å². The number of thiophene rings is 1. The van der Waals surface area contributed by atoms with E-state index in [1.165, 1.54) is 11.8 Å². The van der Waals surface area contributed by atoms with Crippen LogP contribution in [0.4, 0.5) is 5.69 Å². The molecule has 0 radical (unpaired) electrons. The first-order valence-electron chi connectivity index (χ1n) is 6.35. The number of benzene rings is 1.